The van der Waals surface area contributed by atoms with Gasteiger partial charge in [0, 0.05) is 38.4 Å². The fourth-order valence-electron chi connectivity index (χ4n) is 3.16. The summed E-state index contributed by atoms with van der Waals surface area (Å²) >= 11 is 0. The Labute approximate surface area is 152 Å². The fraction of sp³-hybridized carbons (Fsp3) is 0.368. The van der Waals surface area contributed by atoms with Crippen LogP contribution in [0.3, 0.4) is 0 Å². The number of rotatable bonds is 4. The summed E-state index contributed by atoms with van der Waals surface area (Å²) in [6, 6.07) is 9.12. The predicted molar refractivity (Wildman–Crippen MR) is 97.8 cm³/mol. The van der Waals surface area contributed by atoms with Crippen LogP contribution in [0.1, 0.15) is 12.5 Å². The van der Waals surface area contributed by atoms with Gasteiger partial charge in [0.1, 0.15) is 5.75 Å². The number of hydrogen-bond acceptors (Lipinski definition) is 4. The maximum absolute atomic E-state index is 13.9. The molecule has 1 unspecified atom stereocenters. The highest BCUT2D eigenvalue weighted by molar-refractivity contribution is 5.75. The summed E-state index contributed by atoms with van der Waals surface area (Å²) in [6.07, 6.45) is 2.80. The van der Waals surface area contributed by atoms with E-state index in [4.69, 9.17) is 4.74 Å². The van der Waals surface area contributed by atoms with Crippen LogP contribution in [0.2, 0.25) is 0 Å². The number of ether oxygens (including phenoxy) is 1. The van der Waals surface area contributed by atoms with Crippen LogP contribution in [-0.2, 0) is 6.54 Å². The zero-order chi connectivity index (χ0) is 18.5. The smallest absolute Gasteiger partial charge is 0.318 e. The van der Waals surface area contributed by atoms with E-state index in [0.29, 0.717) is 31.9 Å². The lowest BCUT2D eigenvalue weighted by atomic mass is 10.1. The number of urea groups is 1. The van der Waals surface area contributed by atoms with Crippen molar-refractivity contribution in [2.75, 3.05) is 31.6 Å². The van der Waals surface area contributed by atoms with Crippen LogP contribution in [0.4, 0.5) is 14.9 Å². The molecule has 7 heteroatoms. The quantitative estimate of drug-likeness (QED) is 0.913. The first-order chi connectivity index (χ1) is 12.6. The molecule has 0 spiro atoms. The second kappa shape index (κ2) is 8.03. The number of aromatic nitrogens is 1. The molecule has 138 valence electrons. The average Bonchev–Trinajstić information content (AvgIpc) is 2.66. The molecule has 2 amide bonds. The van der Waals surface area contributed by atoms with Gasteiger partial charge in [-0.25, -0.2) is 9.18 Å². The Balaban J connectivity index is 1.57. The van der Waals surface area contributed by atoms with Crippen molar-refractivity contribution in [1.82, 2.24) is 15.2 Å². The zero-order valence-electron chi connectivity index (χ0n) is 15.0. The van der Waals surface area contributed by atoms with Gasteiger partial charge in [-0.15, -0.1) is 0 Å². The summed E-state index contributed by atoms with van der Waals surface area (Å²) < 4.78 is 19.1. The maximum atomic E-state index is 13.9. The molecule has 1 fully saturated rings. The van der Waals surface area contributed by atoms with Crippen molar-refractivity contribution < 1.29 is 13.9 Å². The number of hydrogen-bond donors (Lipinski definition) is 1. The van der Waals surface area contributed by atoms with Crippen molar-refractivity contribution >= 4 is 11.7 Å². The number of amides is 2. The highest BCUT2D eigenvalue weighted by Gasteiger charge is 2.28. The van der Waals surface area contributed by atoms with E-state index in [-0.39, 0.29) is 17.9 Å². The van der Waals surface area contributed by atoms with E-state index in [1.54, 1.807) is 24.3 Å². The molecular weight excluding hydrogens is 335 g/mol. The summed E-state index contributed by atoms with van der Waals surface area (Å²) in [4.78, 5) is 20.0. The van der Waals surface area contributed by atoms with Gasteiger partial charge in [0.2, 0.25) is 0 Å². The molecule has 1 aliphatic heterocycles. The molecule has 1 aromatic heterocycles. The van der Waals surface area contributed by atoms with Gasteiger partial charge in [-0.05, 0) is 30.7 Å². The molecule has 0 saturated carbocycles. The molecule has 1 atom stereocenters. The third-order valence-electron chi connectivity index (χ3n) is 4.56. The molecule has 0 radical (unpaired) electrons. The van der Waals surface area contributed by atoms with E-state index >= 15 is 0 Å². The van der Waals surface area contributed by atoms with Gasteiger partial charge in [-0.3, -0.25) is 4.98 Å². The van der Waals surface area contributed by atoms with E-state index < -0.39 is 0 Å². The molecule has 2 heterocycles. The van der Waals surface area contributed by atoms with Crippen LogP contribution < -0.4 is 15.0 Å². The zero-order valence-corrected chi connectivity index (χ0v) is 15.0. The minimum absolute atomic E-state index is 0.0263. The summed E-state index contributed by atoms with van der Waals surface area (Å²) in [5.41, 5.74) is 1.51. The van der Waals surface area contributed by atoms with Gasteiger partial charge in [-0.1, -0.05) is 12.1 Å². The van der Waals surface area contributed by atoms with E-state index in [2.05, 4.69) is 10.3 Å². The first-order valence-electron chi connectivity index (χ1n) is 8.60. The average molecular weight is 358 g/mol. The Kier molecular flexibility index (Phi) is 5.55. The lowest BCUT2D eigenvalue weighted by Gasteiger charge is -2.40. The van der Waals surface area contributed by atoms with Crippen LogP contribution in [0.15, 0.2) is 42.7 Å². The van der Waals surface area contributed by atoms with E-state index in [1.807, 2.05) is 36.1 Å². The number of pyridine rings is 1. The van der Waals surface area contributed by atoms with Crippen molar-refractivity contribution in [1.29, 1.82) is 0 Å². The van der Waals surface area contributed by atoms with Gasteiger partial charge in [0.15, 0.2) is 5.82 Å². The van der Waals surface area contributed by atoms with Crippen LogP contribution >= 0.6 is 0 Å². The highest BCUT2D eigenvalue weighted by atomic mass is 19.1. The molecule has 26 heavy (non-hydrogen) atoms. The molecule has 1 saturated heterocycles. The highest BCUT2D eigenvalue weighted by Crippen LogP contribution is 2.21. The minimum Gasteiger partial charge on any atom is -0.497 e. The fourth-order valence-corrected chi connectivity index (χ4v) is 3.16. The monoisotopic (exact) mass is 358 g/mol. The summed E-state index contributed by atoms with van der Waals surface area (Å²) in [5.74, 6) is 0.425. The third-order valence-corrected chi connectivity index (χ3v) is 4.56. The van der Waals surface area contributed by atoms with Crippen LogP contribution in [0.5, 0.6) is 5.75 Å². The van der Waals surface area contributed by atoms with Crippen molar-refractivity contribution in [3.63, 3.8) is 0 Å². The van der Waals surface area contributed by atoms with E-state index in [0.717, 1.165) is 11.3 Å². The molecule has 1 N–H and O–H groups in total. The normalized spacial score (nSPS) is 17.1. The van der Waals surface area contributed by atoms with Gasteiger partial charge in [0.05, 0.1) is 19.0 Å². The molecule has 2 aromatic rings. The summed E-state index contributed by atoms with van der Waals surface area (Å²) in [6.45, 7) is 4.09. The third kappa shape index (κ3) is 4.04. The van der Waals surface area contributed by atoms with Crippen LogP contribution in [-0.4, -0.2) is 48.7 Å². The topological polar surface area (TPSA) is 57.7 Å². The molecule has 1 aromatic carbocycles. The van der Waals surface area contributed by atoms with Crippen molar-refractivity contribution in [3.8, 4) is 5.75 Å². The number of anilines is 1. The first kappa shape index (κ1) is 18.0. The number of carbonyl (C=O) groups is 1. The standard InChI is InChI=1S/C19H23FN4O2/c1-14-13-23(18-6-7-21-12-17(18)20)8-9-24(14)19(25)22-11-15-4-3-5-16(10-15)26-2/h3-7,10,12,14H,8-9,11,13H2,1-2H3,(H,22,25). The maximum Gasteiger partial charge on any atom is 0.318 e. The molecule has 0 bridgehead atoms. The Morgan fingerprint density at radius 3 is 2.96 bits per heavy atom. The van der Waals surface area contributed by atoms with Crippen molar-refractivity contribution in [2.24, 2.45) is 0 Å². The Morgan fingerprint density at radius 2 is 2.23 bits per heavy atom. The summed E-state index contributed by atoms with van der Waals surface area (Å²) in [7, 11) is 1.62. The molecule has 3 rings (SSSR count). The SMILES string of the molecule is COc1cccc(CNC(=O)N2CCN(c3ccncc3F)CC2C)c1. The predicted octanol–water partition coefficient (Wildman–Crippen LogP) is 2.65. The van der Waals surface area contributed by atoms with Crippen LogP contribution in [0, 0.1) is 5.82 Å². The molecule has 0 aliphatic carbocycles. The largest absolute Gasteiger partial charge is 0.497 e. The Bertz CT molecular complexity index is 771. The van der Waals surface area contributed by atoms with Crippen LogP contribution in [0.25, 0.3) is 0 Å². The minimum atomic E-state index is -0.337. The molecular formula is C19H23FN4O2. The number of piperazine rings is 1. The number of carbonyl (C=O) groups excluding carboxylic acids is 1. The lowest BCUT2D eigenvalue weighted by Crippen LogP contribution is -2.56. The van der Waals surface area contributed by atoms with E-state index in [1.165, 1.54) is 6.20 Å². The Morgan fingerprint density at radius 1 is 1.38 bits per heavy atom. The summed E-state index contributed by atoms with van der Waals surface area (Å²) in [5, 5.41) is 2.95. The number of nitrogens with one attached hydrogen (secondary N) is 1. The van der Waals surface area contributed by atoms with Gasteiger partial charge in [-0.2, -0.15) is 0 Å². The van der Waals surface area contributed by atoms with Crippen molar-refractivity contribution in [3.05, 3.63) is 54.1 Å². The Hall–Kier alpha value is -2.83. The number of benzene rings is 1. The first-order valence-corrected chi connectivity index (χ1v) is 8.60. The molecule has 1 aliphatic rings. The number of halogens is 1. The second-order valence-corrected chi connectivity index (χ2v) is 6.33. The second-order valence-electron chi connectivity index (χ2n) is 6.33. The molecule has 6 nitrogen and oxygen atoms in total. The van der Waals surface area contributed by atoms with Gasteiger partial charge < -0.3 is 19.9 Å². The number of nitrogens with zero attached hydrogens (tertiary/aromatic N) is 3. The van der Waals surface area contributed by atoms with Gasteiger partial charge in [0.25, 0.3) is 0 Å². The van der Waals surface area contributed by atoms with E-state index in [9.17, 15) is 9.18 Å². The number of methoxy groups -OCH3 is 1. The van der Waals surface area contributed by atoms with Gasteiger partial charge >= 0.3 is 6.03 Å². The lowest BCUT2D eigenvalue weighted by molar-refractivity contribution is 0.171. The van der Waals surface area contributed by atoms with Crippen molar-refractivity contribution in [2.45, 2.75) is 19.5 Å².